The van der Waals surface area contributed by atoms with E-state index in [1.807, 2.05) is 0 Å². The van der Waals surface area contributed by atoms with Crippen LogP contribution in [0.2, 0.25) is 0 Å². The molecule has 2 N–H and O–H groups in total. The zero-order valence-electron chi connectivity index (χ0n) is 8.57. The Bertz CT molecular complexity index is 314. The normalized spacial score (nSPS) is 29.0. The Morgan fingerprint density at radius 1 is 1.29 bits per heavy atom. The molecular weight excluding hydrogens is 200 g/mol. The maximum absolute atomic E-state index is 11.3. The predicted molar refractivity (Wildman–Crippen MR) is 55.3 cm³/mol. The van der Waals surface area contributed by atoms with Gasteiger partial charge in [-0.3, -0.25) is 0 Å². The summed E-state index contributed by atoms with van der Waals surface area (Å²) in [4.78, 5) is 0. The average molecular weight is 218 g/mol. The molecule has 2 fully saturated rings. The van der Waals surface area contributed by atoms with Crippen molar-refractivity contribution in [3.05, 3.63) is 0 Å². The van der Waals surface area contributed by atoms with Crippen LogP contribution >= 0.6 is 0 Å². The highest BCUT2D eigenvalue weighted by molar-refractivity contribution is 7.88. The molecule has 14 heavy (non-hydrogen) atoms. The van der Waals surface area contributed by atoms with Gasteiger partial charge in [-0.1, -0.05) is 0 Å². The molecule has 5 heteroatoms. The summed E-state index contributed by atoms with van der Waals surface area (Å²) >= 11 is 0. The topological polar surface area (TPSA) is 63.4 Å². The van der Waals surface area contributed by atoms with Crippen molar-refractivity contribution in [2.75, 3.05) is 19.3 Å². The van der Waals surface area contributed by atoms with Crippen LogP contribution in [0.1, 0.15) is 25.7 Å². The summed E-state index contributed by atoms with van der Waals surface area (Å²) in [6, 6.07) is 0. The Morgan fingerprint density at radius 2 is 1.79 bits per heavy atom. The molecule has 0 radical (unpaired) electrons. The highest BCUT2D eigenvalue weighted by Crippen LogP contribution is 2.44. The van der Waals surface area contributed by atoms with Crippen molar-refractivity contribution in [2.24, 2.45) is 11.7 Å². The van der Waals surface area contributed by atoms with E-state index in [0.29, 0.717) is 19.0 Å². The highest BCUT2D eigenvalue weighted by atomic mass is 32.2. The van der Waals surface area contributed by atoms with E-state index in [1.165, 1.54) is 6.26 Å². The molecule has 0 unspecified atom stereocenters. The van der Waals surface area contributed by atoms with Crippen molar-refractivity contribution in [1.29, 1.82) is 0 Å². The molecule has 0 aromatic rings. The molecule has 0 amide bonds. The molecule has 0 aromatic heterocycles. The first kappa shape index (κ1) is 10.4. The fraction of sp³-hybridized carbons (Fsp3) is 1.00. The van der Waals surface area contributed by atoms with Crippen LogP contribution in [-0.2, 0) is 10.0 Å². The summed E-state index contributed by atoms with van der Waals surface area (Å²) in [6.45, 7) is 1.31. The highest BCUT2D eigenvalue weighted by Gasteiger charge is 2.46. The third-order valence-electron chi connectivity index (χ3n) is 3.56. The van der Waals surface area contributed by atoms with Gasteiger partial charge in [0.25, 0.3) is 0 Å². The predicted octanol–water partition coefficient (Wildman–Crippen LogP) is 0.149. The molecule has 0 bridgehead atoms. The lowest BCUT2D eigenvalue weighted by Crippen LogP contribution is -2.44. The van der Waals surface area contributed by atoms with E-state index in [4.69, 9.17) is 5.73 Å². The van der Waals surface area contributed by atoms with Crippen LogP contribution in [0, 0.1) is 5.92 Å². The molecule has 2 rings (SSSR count). The van der Waals surface area contributed by atoms with Gasteiger partial charge in [-0.05, 0) is 31.6 Å². The molecule has 4 nitrogen and oxygen atoms in total. The first-order valence-electron chi connectivity index (χ1n) is 5.16. The minimum Gasteiger partial charge on any atom is -0.325 e. The average Bonchev–Trinajstić information content (AvgIpc) is 2.84. The fourth-order valence-corrected chi connectivity index (χ4v) is 3.19. The molecule has 0 aromatic carbocycles. The largest absolute Gasteiger partial charge is 0.325 e. The molecule has 2 aliphatic rings. The van der Waals surface area contributed by atoms with E-state index < -0.39 is 10.0 Å². The molecule has 82 valence electrons. The monoisotopic (exact) mass is 218 g/mol. The Labute approximate surface area is 85.5 Å². The van der Waals surface area contributed by atoms with E-state index >= 15 is 0 Å². The number of piperidine rings is 1. The number of nitrogens with two attached hydrogens (primary N) is 1. The van der Waals surface area contributed by atoms with E-state index in [9.17, 15) is 8.42 Å². The smallest absolute Gasteiger partial charge is 0.211 e. The van der Waals surface area contributed by atoms with Gasteiger partial charge in [-0.2, -0.15) is 0 Å². The summed E-state index contributed by atoms with van der Waals surface area (Å²) in [6.07, 6.45) is 5.39. The van der Waals surface area contributed by atoms with E-state index in [1.54, 1.807) is 4.31 Å². The van der Waals surface area contributed by atoms with Crippen molar-refractivity contribution in [2.45, 2.75) is 31.2 Å². The van der Waals surface area contributed by atoms with E-state index in [0.717, 1.165) is 25.7 Å². The Hall–Kier alpha value is -0.130. The number of hydrogen-bond acceptors (Lipinski definition) is 3. The number of rotatable bonds is 2. The van der Waals surface area contributed by atoms with E-state index in [2.05, 4.69) is 0 Å². The number of nitrogens with zero attached hydrogens (tertiary/aromatic N) is 1. The van der Waals surface area contributed by atoms with Gasteiger partial charge in [0.05, 0.1) is 6.26 Å². The Balaban J connectivity index is 1.93. The lowest BCUT2D eigenvalue weighted by molar-refractivity contribution is 0.236. The van der Waals surface area contributed by atoms with Gasteiger partial charge < -0.3 is 5.73 Å². The molecule has 0 atom stereocenters. The molecule has 1 saturated carbocycles. The van der Waals surface area contributed by atoms with Crippen LogP contribution in [0.15, 0.2) is 0 Å². The van der Waals surface area contributed by atoms with Crippen molar-refractivity contribution in [3.8, 4) is 0 Å². The van der Waals surface area contributed by atoms with Gasteiger partial charge in [0, 0.05) is 18.6 Å². The molecule has 1 aliphatic heterocycles. The third kappa shape index (κ3) is 1.94. The summed E-state index contributed by atoms with van der Waals surface area (Å²) in [7, 11) is -2.98. The maximum atomic E-state index is 11.3. The minimum absolute atomic E-state index is 0.0591. The molecule has 0 spiro atoms. The summed E-state index contributed by atoms with van der Waals surface area (Å²) in [5.41, 5.74) is 6.17. The van der Waals surface area contributed by atoms with Crippen LogP contribution < -0.4 is 5.73 Å². The summed E-state index contributed by atoms with van der Waals surface area (Å²) in [5, 5.41) is 0. The van der Waals surface area contributed by atoms with Gasteiger partial charge in [-0.15, -0.1) is 0 Å². The second kappa shape index (κ2) is 3.18. The van der Waals surface area contributed by atoms with Crippen molar-refractivity contribution in [1.82, 2.24) is 4.31 Å². The van der Waals surface area contributed by atoms with Crippen molar-refractivity contribution >= 4 is 10.0 Å². The zero-order valence-corrected chi connectivity index (χ0v) is 9.39. The minimum atomic E-state index is -2.98. The summed E-state index contributed by atoms with van der Waals surface area (Å²) < 4.78 is 24.1. The molecule has 1 aliphatic carbocycles. The quantitative estimate of drug-likeness (QED) is 0.717. The van der Waals surface area contributed by atoms with Gasteiger partial charge in [0.2, 0.25) is 10.0 Å². The van der Waals surface area contributed by atoms with Crippen LogP contribution in [0.3, 0.4) is 0 Å². The van der Waals surface area contributed by atoms with E-state index in [-0.39, 0.29) is 5.54 Å². The second-order valence-electron chi connectivity index (χ2n) is 4.67. The lowest BCUT2D eigenvalue weighted by Gasteiger charge is -2.33. The zero-order chi connectivity index (χ0) is 10.4. The van der Waals surface area contributed by atoms with Gasteiger partial charge in [-0.25, -0.2) is 12.7 Å². The van der Waals surface area contributed by atoms with Crippen LogP contribution in [0.25, 0.3) is 0 Å². The van der Waals surface area contributed by atoms with Crippen LogP contribution in [-0.4, -0.2) is 37.6 Å². The number of hydrogen-bond donors (Lipinski definition) is 1. The maximum Gasteiger partial charge on any atom is 0.211 e. The standard InChI is InChI=1S/C9H18N2O2S/c1-14(12,13)11-6-2-8(3-7-11)9(10)4-5-9/h8H,2-7,10H2,1H3. The van der Waals surface area contributed by atoms with Gasteiger partial charge in [0.1, 0.15) is 0 Å². The van der Waals surface area contributed by atoms with Crippen molar-refractivity contribution in [3.63, 3.8) is 0 Å². The summed E-state index contributed by atoms with van der Waals surface area (Å²) in [5.74, 6) is 0.542. The fourth-order valence-electron chi connectivity index (χ4n) is 2.31. The Morgan fingerprint density at radius 3 is 2.14 bits per heavy atom. The SMILES string of the molecule is CS(=O)(=O)N1CCC(C2(N)CC2)CC1. The van der Waals surface area contributed by atoms with Gasteiger partial charge in [0.15, 0.2) is 0 Å². The van der Waals surface area contributed by atoms with Gasteiger partial charge >= 0.3 is 0 Å². The first-order chi connectivity index (χ1) is 6.42. The first-order valence-corrected chi connectivity index (χ1v) is 7.01. The molecule has 1 heterocycles. The van der Waals surface area contributed by atoms with Crippen LogP contribution in [0.4, 0.5) is 0 Å². The van der Waals surface area contributed by atoms with Crippen molar-refractivity contribution < 1.29 is 8.42 Å². The lowest BCUT2D eigenvalue weighted by atomic mass is 9.89. The third-order valence-corrected chi connectivity index (χ3v) is 4.87. The number of sulfonamides is 1. The Kier molecular flexibility index (Phi) is 2.36. The molecule has 1 saturated heterocycles. The van der Waals surface area contributed by atoms with Crippen LogP contribution in [0.5, 0.6) is 0 Å². The molecular formula is C9H18N2O2S. The second-order valence-corrected chi connectivity index (χ2v) is 6.65.